The van der Waals surface area contributed by atoms with Crippen LogP contribution in [0.1, 0.15) is 11.3 Å². The highest BCUT2D eigenvalue weighted by atomic mass is 16.5. The van der Waals surface area contributed by atoms with Gasteiger partial charge in [-0.25, -0.2) is 4.98 Å². The number of aromatic amines is 1. The molecule has 0 aliphatic heterocycles. The Kier molecular flexibility index (Phi) is 4.78. The van der Waals surface area contributed by atoms with Crippen molar-refractivity contribution in [3.05, 3.63) is 42.0 Å². The average Bonchev–Trinajstić information content (AvgIpc) is 2.97. The van der Waals surface area contributed by atoms with Crippen molar-refractivity contribution in [1.82, 2.24) is 15.3 Å². The van der Waals surface area contributed by atoms with Gasteiger partial charge in [0.2, 0.25) is 0 Å². The number of carboxylic acid groups (broad SMARTS) is 1. The molecule has 0 amide bonds. The minimum absolute atomic E-state index is 0.0122. The van der Waals surface area contributed by atoms with E-state index in [0.29, 0.717) is 11.3 Å². The zero-order chi connectivity index (χ0) is 15.2. The maximum Gasteiger partial charge on any atom is 0.321 e. The Morgan fingerprint density at radius 1 is 1.52 bits per heavy atom. The monoisotopic (exact) mass is 291 g/mol. The van der Waals surface area contributed by atoms with Gasteiger partial charge >= 0.3 is 5.97 Å². The van der Waals surface area contributed by atoms with Crippen molar-refractivity contribution in [2.24, 2.45) is 0 Å². The van der Waals surface area contributed by atoms with Crippen LogP contribution in [0.3, 0.4) is 0 Å². The van der Waals surface area contributed by atoms with Crippen LogP contribution in [0.5, 0.6) is 11.5 Å². The number of phenolic OH excluding ortho intramolecular Hbond substituents is 1. The number of aliphatic carboxylic acids is 1. The molecule has 1 atom stereocenters. The fourth-order valence-corrected chi connectivity index (χ4v) is 1.97. The number of rotatable bonds is 7. The number of methoxy groups -OCH3 is 1. The molecular weight excluding hydrogens is 274 g/mol. The summed E-state index contributed by atoms with van der Waals surface area (Å²) in [6, 6.07) is 4.30. The molecule has 0 saturated heterocycles. The molecule has 7 nitrogen and oxygen atoms in total. The number of H-pyrrole nitrogens is 1. The van der Waals surface area contributed by atoms with Gasteiger partial charge in [0.05, 0.1) is 13.4 Å². The molecule has 21 heavy (non-hydrogen) atoms. The van der Waals surface area contributed by atoms with Gasteiger partial charge in [-0.3, -0.25) is 10.1 Å². The molecule has 7 heteroatoms. The third-order valence-corrected chi connectivity index (χ3v) is 3.12. The summed E-state index contributed by atoms with van der Waals surface area (Å²) in [5.41, 5.74) is 1.30. The first-order valence-electron chi connectivity index (χ1n) is 6.40. The van der Waals surface area contributed by atoms with Crippen LogP contribution < -0.4 is 10.1 Å². The van der Waals surface area contributed by atoms with Gasteiger partial charge in [-0.15, -0.1) is 0 Å². The Bertz CT molecular complexity index is 598. The van der Waals surface area contributed by atoms with Crippen LogP contribution >= 0.6 is 0 Å². The third-order valence-electron chi connectivity index (χ3n) is 3.12. The number of nitrogens with one attached hydrogen (secondary N) is 2. The molecule has 0 spiro atoms. The van der Waals surface area contributed by atoms with Gasteiger partial charge in [0, 0.05) is 30.4 Å². The Hall–Kier alpha value is -2.54. The third kappa shape index (κ3) is 3.73. The largest absolute Gasteiger partial charge is 0.504 e. The molecule has 0 aliphatic carbocycles. The quantitative estimate of drug-likeness (QED) is 0.604. The first-order valence-corrected chi connectivity index (χ1v) is 6.40. The molecule has 1 aromatic heterocycles. The lowest BCUT2D eigenvalue weighted by Crippen LogP contribution is -2.38. The van der Waals surface area contributed by atoms with E-state index >= 15 is 0 Å². The van der Waals surface area contributed by atoms with Gasteiger partial charge in [0.1, 0.15) is 6.04 Å². The predicted octanol–water partition coefficient (Wildman–Crippen LogP) is 0.909. The summed E-state index contributed by atoms with van der Waals surface area (Å²) in [5.74, 6) is -0.597. The highest BCUT2D eigenvalue weighted by Gasteiger charge is 2.19. The summed E-state index contributed by atoms with van der Waals surface area (Å²) in [6.07, 6.45) is 3.36. The van der Waals surface area contributed by atoms with Crippen LogP contribution in [0, 0.1) is 0 Å². The SMILES string of the molecule is COc1cccc(CNC(Cc2cnc[nH]2)C(=O)O)c1O. The van der Waals surface area contributed by atoms with Gasteiger partial charge in [-0.1, -0.05) is 12.1 Å². The molecule has 2 aromatic rings. The minimum Gasteiger partial charge on any atom is -0.504 e. The maximum absolute atomic E-state index is 11.3. The number of aromatic hydroxyl groups is 1. The summed E-state index contributed by atoms with van der Waals surface area (Å²) in [4.78, 5) is 18.0. The smallest absolute Gasteiger partial charge is 0.321 e. The summed E-state index contributed by atoms with van der Waals surface area (Å²) in [6.45, 7) is 0.216. The number of hydrogen-bond donors (Lipinski definition) is 4. The molecule has 2 rings (SSSR count). The second-order valence-corrected chi connectivity index (χ2v) is 4.52. The standard InChI is InChI=1S/C14H17N3O4/c1-21-12-4-2-3-9(13(12)18)6-16-11(14(19)20)5-10-7-15-8-17-10/h2-4,7-8,11,16,18H,5-6H2,1H3,(H,15,17)(H,19,20). The Labute approximate surface area is 121 Å². The zero-order valence-electron chi connectivity index (χ0n) is 11.5. The number of carbonyl (C=O) groups is 1. The van der Waals surface area contributed by atoms with Crippen LogP contribution in [-0.2, 0) is 17.8 Å². The van der Waals surface area contributed by atoms with Crippen molar-refractivity contribution < 1.29 is 19.7 Å². The van der Waals surface area contributed by atoms with Gasteiger partial charge in [-0.2, -0.15) is 0 Å². The number of nitrogens with zero attached hydrogens (tertiary/aromatic N) is 1. The number of benzene rings is 1. The van der Waals surface area contributed by atoms with E-state index in [0.717, 1.165) is 5.69 Å². The van der Waals surface area contributed by atoms with Crippen molar-refractivity contribution >= 4 is 5.97 Å². The van der Waals surface area contributed by atoms with Gasteiger partial charge in [-0.05, 0) is 6.07 Å². The van der Waals surface area contributed by atoms with Crippen molar-refractivity contribution in [3.63, 3.8) is 0 Å². The Balaban J connectivity index is 2.03. The first kappa shape index (κ1) is 14.9. The van der Waals surface area contributed by atoms with Crippen molar-refractivity contribution in [3.8, 4) is 11.5 Å². The van der Waals surface area contributed by atoms with Crippen LogP contribution in [0.4, 0.5) is 0 Å². The summed E-state index contributed by atoms with van der Waals surface area (Å²) < 4.78 is 5.02. The minimum atomic E-state index is -0.966. The van der Waals surface area contributed by atoms with E-state index in [1.807, 2.05) is 0 Å². The highest BCUT2D eigenvalue weighted by molar-refractivity contribution is 5.73. The lowest BCUT2D eigenvalue weighted by molar-refractivity contribution is -0.139. The predicted molar refractivity (Wildman–Crippen MR) is 75.2 cm³/mol. The fraction of sp³-hybridized carbons (Fsp3) is 0.286. The lowest BCUT2D eigenvalue weighted by atomic mass is 10.1. The van der Waals surface area contributed by atoms with E-state index in [-0.39, 0.29) is 18.7 Å². The van der Waals surface area contributed by atoms with Crippen molar-refractivity contribution in [2.45, 2.75) is 19.0 Å². The molecule has 0 bridgehead atoms. The van der Waals surface area contributed by atoms with Gasteiger partial charge < -0.3 is 19.9 Å². The van der Waals surface area contributed by atoms with Crippen LogP contribution in [0.15, 0.2) is 30.7 Å². The van der Waals surface area contributed by atoms with E-state index in [1.165, 1.54) is 13.4 Å². The summed E-state index contributed by atoms with van der Waals surface area (Å²) in [7, 11) is 1.46. The Morgan fingerprint density at radius 3 is 2.95 bits per heavy atom. The van der Waals surface area contributed by atoms with Crippen LogP contribution in [0.25, 0.3) is 0 Å². The van der Waals surface area contributed by atoms with E-state index < -0.39 is 12.0 Å². The molecule has 1 heterocycles. The number of phenols is 1. The maximum atomic E-state index is 11.3. The number of aromatic nitrogens is 2. The second-order valence-electron chi connectivity index (χ2n) is 4.52. The number of carboxylic acids is 1. The fourth-order valence-electron chi connectivity index (χ4n) is 1.97. The molecule has 4 N–H and O–H groups in total. The lowest BCUT2D eigenvalue weighted by Gasteiger charge is -2.15. The van der Waals surface area contributed by atoms with Crippen LogP contribution in [0.2, 0.25) is 0 Å². The average molecular weight is 291 g/mol. The van der Waals surface area contributed by atoms with E-state index in [4.69, 9.17) is 4.74 Å². The van der Waals surface area contributed by atoms with E-state index in [9.17, 15) is 15.0 Å². The molecule has 1 unspecified atom stereocenters. The number of imidazole rings is 1. The van der Waals surface area contributed by atoms with Gasteiger partial charge in [0.15, 0.2) is 11.5 Å². The molecule has 0 aliphatic rings. The zero-order valence-corrected chi connectivity index (χ0v) is 11.5. The number of hydrogen-bond acceptors (Lipinski definition) is 5. The van der Waals surface area contributed by atoms with Crippen molar-refractivity contribution in [1.29, 1.82) is 0 Å². The number of ether oxygens (including phenoxy) is 1. The van der Waals surface area contributed by atoms with E-state index in [1.54, 1.807) is 24.4 Å². The summed E-state index contributed by atoms with van der Waals surface area (Å²) >= 11 is 0. The number of para-hydroxylation sites is 1. The molecule has 0 fully saturated rings. The van der Waals surface area contributed by atoms with Crippen molar-refractivity contribution in [2.75, 3.05) is 7.11 Å². The Morgan fingerprint density at radius 2 is 2.33 bits per heavy atom. The van der Waals surface area contributed by atoms with Crippen LogP contribution in [-0.4, -0.2) is 39.3 Å². The molecule has 1 aromatic carbocycles. The second kappa shape index (κ2) is 6.76. The first-order chi connectivity index (χ1) is 10.1. The summed E-state index contributed by atoms with van der Waals surface area (Å²) in [5, 5.41) is 22.1. The highest BCUT2D eigenvalue weighted by Crippen LogP contribution is 2.29. The van der Waals surface area contributed by atoms with Gasteiger partial charge in [0.25, 0.3) is 0 Å². The molecule has 112 valence electrons. The van der Waals surface area contributed by atoms with E-state index in [2.05, 4.69) is 15.3 Å². The normalized spacial score (nSPS) is 12.0. The molecule has 0 radical (unpaired) electrons. The molecular formula is C14H17N3O4. The topological polar surface area (TPSA) is 107 Å². The molecule has 0 saturated carbocycles.